The van der Waals surface area contributed by atoms with Crippen LogP contribution in [0, 0.1) is 24.1 Å². The smallest absolute Gasteiger partial charge is 0.440 e. The number of aliphatic hydroxyl groups excluding tert-OH is 1. The lowest BCUT2D eigenvalue weighted by Gasteiger charge is -2.14. The zero-order valence-corrected chi connectivity index (χ0v) is 25.1. The molecular weight excluding hydrogens is 628 g/mol. The molecule has 6 rings (SSSR count). The van der Waals surface area contributed by atoms with Crippen molar-refractivity contribution in [3.8, 4) is 51.2 Å². The van der Waals surface area contributed by atoms with Gasteiger partial charge in [0.15, 0.2) is 21.5 Å². The number of oxazole rings is 1. The molecule has 1 fully saturated rings. The van der Waals surface area contributed by atoms with Crippen LogP contribution in [0.2, 0.25) is 0 Å². The summed E-state index contributed by atoms with van der Waals surface area (Å²) < 4.78 is 89.9. The minimum Gasteiger partial charge on any atom is -0.440 e. The molecule has 2 heterocycles. The van der Waals surface area contributed by atoms with E-state index in [1.165, 1.54) is 22.9 Å². The van der Waals surface area contributed by atoms with Crippen LogP contribution in [0.4, 0.5) is 17.6 Å². The third kappa shape index (κ3) is 6.11. The summed E-state index contributed by atoms with van der Waals surface area (Å²) in [5.41, 5.74) is 2.71. The van der Waals surface area contributed by atoms with E-state index in [1.54, 1.807) is 31.3 Å². The number of aliphatic hydroxyl groups is 1. The van der Waals surface area contributed by atoms with Crippen molar-refractivity contribution in [2.24, 2.45) is 0 Å². The molecule has 3 aromatic carbocycles. The predicted octanol–water partition coefficient (Wildman–Crippen LogP) is 6.85. The fraction of sp³-hybridized carbons (Fsp3) is 0.219. The first-order valence-corrected chi connectivity index (χ1v) is 15.8. The molecule has 0 saturated heterocycles. The number of hydrogen-bond donors (Lipinski definition) is 1. The molecule has 0 atom stereocenters. The van der Waals surface area contributed by atoms with Gasteiger partial charge in [-0.25, -0.2) is 22.5 Å². The first-order valence-electron chi connectivity index (χ1n) is 13.9. The Balaban J connectivity index is 1.56. The number of nitriles is 1. The highest BCUT2D eigenvalue weighted by Crippen LogP contribution is 2.43. The molecule has 2 aromatic heterocycles. The number of ether oxygens (including phenoxy) is 1. The molecule has 236 valence electrons. The van der Waals surface area contributed by atoms with Gasteiger partial charge in [-0.2, -0.15) is 10.4 Å². The third-order valence-corrected chi connectivity index (χ3v) is 8.62. The Morgan fingerprint density at radius 3 is 2.39 bits per heavy atom. The van der Waals surface area contributed by atoms with Gasteiger partial charge in [0.05, 0.1) is 28.4 Å². The number of benzene rings is 3. The fourth-order valence-electron chi connectivity index (χ4n) is 5.23. The van der Waals surface area contributed by atoms with Gasteiger partial charge in [0.25, 0.3) is 0 Å². The number of nitrogens with zero attached hydrogens (tertiary/aromatic N) is 4. The molecule has 0 amide bonds. The second-order valence-electron chi connectivity index (χ2n) is 10.8. The number of halogens is 4. The van der Waals surface area contributed by atoms with Crippen molar-refractivity contribution >= 4 is 9.84 Å². The van der Waals surface area contributed by atoms with Gasteiger partial charge in [-0.1, -0.05) is 6.07 Å². The van der Waals surface area contributed by atoms with Crippen molar-refractivity contribution < 1.29 is 40.2 Å². The number of aromatic nitrogens is 3. The highest BCUT2D eigenvalue weighted by molar-refractivity contribution is 7.90. The molecule has 1 saturated carbocycles. The van der Waals surface area contributed by atoms with Crippen LogP contribution >= 0.6 is 0 Å². The van der Waals surface area contributed by atoms with Crippen molar-refractivity contribution in [3.05, 3.63) is 89.3 Å². The molecule has 46 heavy (non-hydrogen) atoms. The van der Waals surface area contributed by atoms with E-state index < -0.39 is 34.4 Å². The molecule has 14 heteroatoms. The number of alkyl halides is 3. The average molecular weight is 653 g/mol. The summed E-state index contributed by atoms with van der Waals surface area (Å²) in [5.74, 6) is -0.767. The summed E-state index contributed by atoms with van der Waals surface area (Å²) >= 11 is 0. The summed E-state index contributed by atoms with van der Waals surface area (Å²) in [6, 6.07) is 14.5. The first kappa shape index (κ1) is 31.0. The van der Waals surface area contributed by atoms with E-state index in [1.807, 2.05) is 0 Å². The monoisotopic (exact) mass is 652 g/mol. The van der Waals surface area contributed by atoms with Crippen molar-refractivity contribution in [2.45, 2.75) is 43.5 Å². The maximum Gasteiger partial charge on any atom is 0.573 e. The Labute approximate surface area is 260 Å². The molecule has 5 aromatic rings. The molecule has 1 aliphatic rings. The minimum atomic E-state index is -4.87. The first-order chi connectivity index (χ1) is 21.8. The van der Waals surface area contributed by atoms with E-state index in [9.17, 15) is 32.0 Å². The topological polar surface area (TPSA) is 131 Å². The Bertz CT molecular complexity index is 2130. The van der Waals surface area contributed by atoms with Crippen LogP contribution in [0.3, 0.4) is 0 Å². The van der Waals surface area contributed by atoms with Gasteiger partial charge in [-0.05, 0) is 72.5 Å². The standard InChI is InChI=1S/C32H24F4N4O5S/c1-17-38-30(19-5-8-23(9-6-19)45-32(34,35)36)31(44-17)24-11-20(21-12-26(33)25(16-41)28(13-21)46(2,42)43)7-10-27(24)40-15-22(14-37)29(39-40)18-3-4-18/h5-13,15,18,41H,3-4,16H2,1-2H3. The Morgan fingerprint density at radius 2 is 1.78 bits per heavy atom. The maximum atomic E-state index is 15.1. The average Bonchev–Trinajstić information content (AvgIpc) is 3.63. The minimum absolute atomic E-state index is 0.154. The van der Waals surface area contributed by atoms with E-state index in [2.05, 4.69) is 20.9 Å². The van der Waals surface area contributed by atoms with Crippen LogP contribution in [-0.2, 0) is 16.4 Å². The molecule has 0 spiro atoms. The summed E-state index contributed by atoms with van der Waals surface area (Å²) in [4.78, 5) is 4.11. The zero-order valence-electron chi connectivity index (χ0n) is 24.3. The van der Waals surface area contributed by atoms with Gasteiger partial charge in [-0.15, -0.1) is 13.2 Å². The Morgan fingerprint density at radius 1 is 1.09 bits per heavy atom. The molecule has 0 aliphatic heterocycles. The van der Waals surface area contributed by atoms with Gasteiger partial charge in [0.1, 0.15) is 23.3 Å². The van der Waals surface area contributed by atoms with E-state index >= 15 is 4.39 Å². The molecule has 9 nitrogen and oxygen atoms in total. The summed E-state index contributed by atoms with van der Waals surface area (Å²) in [6.45, 7) is 0.766. The zero-order chi connectivity index (χ0) is 33.0. The second kappa shape index (κ2) is 11.4. The van der Waals surface area contributed by atoms with Crippen LogP contribution in [0.15, 0.2) is 70.1 Å². The molecule has 1 aliphatic carbocycles. The molecule has 0 radical (unpaired) electrons. The summed E-state index contributed by atoms with van der Waals surface area (Å²) in [5, 5.41) is 24.1. The lowest BCUT2D eigenvalue weighted by Crippen LogP contribution is -2.16. The van der Waals surface area contributed by atoms with E-state index in [-0.39, 0.29) is 39.3 Å². The van der Waals surface area contributed by atoms with Crippen molar-refractivity contribution in [2.75, 3.05) is 6.26 Å². The van der Waals surface area contributed by atoms with Crippen molar-refractivity contribution in [1.29, 1.82) is 5.26 Å². The quantitative estimate of drug-likeness (QED) is 0.180. The fourth-order valence-corrected chi connectivity index (χ4v) is 6.19. The van der Waals surface area contributed by atoms with Gasteiger partial charge in [0.2, 0.25) is 0 Å². The van der Waals surface area contributed by atoms with Gasteiger partial charge in [0, 0.05) is 42.0 Å². The molecule has 0 bridgehead atoms. The third-order valence-electron chi connectivity index (χ3n) is 7.46. The van der Waals surface area contributed by atoms with Crippen molar-refractivity contribution in [3.63, 3.8) is 0 Å². The number of aryl methyl sites for hydroxylation is 1. The Kier molecular flexibility index (Phi) is 7.69. The second-order valence-corrected chi connectivity index (χ2v) is 12.8. The van der Waals surface area contributed by atoms with E-state index in [0.717, 1.165) is 37.3 Å². The number of hydrogen-bond acceptors (Lipinski definition) is 8. The van der Waals surface area contributed by atoms with Gasteiger partial charge >= 0.3 is 6.36 Å². The van der Waals surface area contributed by atoms with Crippen LogP contribution < -0.4 is 4.74 Å². The largest absolute Gasteiger partial charge is 0.573 e. The lowest BCUT2D eigenvalue weighted by molar-refractivity contribution is -0.274. The van der Waals surface area contributed by atoms with Gasteiger partial charge in [-0.3, -0.25) is 0 Å². The molecule has 1 N–H and O–H groups in total. The predicted molar refractivity (Wildman–Crippen MR) is 157 cm³/mol. The van der Waals surface area contributed by atoms with Crippen LogP contribution in [0.5, 0.6) is 5.75 Å². The Hall–Kier alpha value is -5.00. The van der Waals surface area contributed by atoms with Crippen LogP contribution in [0.1, 0.15) is 41.5 Å². The SMILES string of the molecule is Cc1nc(-c2ccc(OC(F)(F)F)cc2)c(-c2cc(-c3cc(F)c(CO)c(S(C)(=O)=O)c3)ccc2-n2cc(C#N)c(C3CC3)n2)o1. The normalized spacial score (nSPS) is 13.5. The number of sulfone groups is 1. The van der Waals surface area contributed by atoms with E-state index in [0.29, 0.717) is 33.6 Å². The molecular formula is C32H24F4N4O5S. The van der Waals surface area contributed by atoms with Gasteiger partial charge < -0.3 is 14.3 Å². The maximum absolute atomic E-state index is 15.1. The summed E-state index contributed by atoms with van der Waals surface area (Å²) in [7, 11) is -3.93. The number of rotatable bonds is 8. The summed E-state index contributed by atoms with van der Waals surface area (Å²) in [6.07, 6.45) is -0.584. The highest BCUT2D eigenvalue weighted by atomic mass is 32.2. The van der Waals surface area contributed by atoms with E-state index in [4.69, 9.17) is 4.42 Å². The lowest BCUT2D eigenvalue weighted by atomic mass is 9.97. The highest BCUT2D eigenvalue weighted by Gasteiger charge is 2.32. The molecule has 0 unspecified atom stereocenters. The van der Waals surface area contributed by atoms with Crippen LogP contribution in [0.25, 0.3) is 39.4 Å². The van der Waals surface area contributed by atoms with Crippen molar-refractivity contribution in [1.82, 2.24) is 14.8 Å². The van der Waals surface area contributed by atoms with Crippen LogP contribution in [-0.4, -0.2) is 40.9 Å².